The van der Waals surface area contributed by atoms with E-state index in [0.717, 1.165) is 29.4 Å². The number of aryl methyl sites for hydroxylation is 1. The molecule has 0 aromatic carbocycles. The summed E-state index contributed by atoms with van der Waals surface area (Å²) in [6.07, 6.45) is 2.19. The van der Waals surface area contributed by atoms with Gasteiger partial charge in [0.25, 0.3) is 0 Å². The van der Waals surface area contributed by atoms with E-state index in [1.165, 1.54) is 0 Å². The zero-order chi connectivity index (χ0) is 10.2. The van der Waals surface area contributed by atoms with Gasteiger partial charge in [-0.15, -0.1) is 21.5 Å². The number of hydrogen-bond acceptors (Lipinski definition) is 5. The lowest BCUT2D eigenvalue weighted by molar-refractivity contribution is 0.123. The van der Waals surface area contributed by atoms with Crippen LogP contribution in [0.2, 0.25) is 0 Å². The first-order valence-corrected chi connectivity index (χ1v) is 5.59. The number of aromatic nitrogens is 2. The Bertz CT molecular complexity index is 322. The van der Waals surface area contributed by atoms with Gasteiger partial charge in [0.15, 0.2) is 0 Å². The molecule has 14 heavy (non-hydrogen) atoms. The third-order valence-electron chi connectivity index (χ3n) is 2.87. The Balaban J connectivity index is 1.98. The predicted octanol–water partition coefficient (Wildman–Crippen LogP) is 0.803. The van der Waals surface area contributed by atoms with E-state index in [1.807, 2.05) is 14.0 Å². The smallest absolute Gasteiger partial charge is 0.131 e. The average molecular weight is 213 g/mol. The fraction of sp³-hybridized carbons (Fsp3) is 0.778. The molecular weight excluding hydrogens is 198 g/mol. The van der Waals surface area contributed by atoms with Crippen LogP contribution in [0.1, 0.15) is 22.9 Å². The number of nitrogens with zero attached hydrogens (tertiary/aromatic N) is 3. The van der Waals surface area contributed by atoms with Crippen molar-refractivity contribution in [2.75, 3.05) is 13.7 Å². The minimum atomic E-state index is 0.0412. The van der Waals surface area contributed by atoms with E-state index in [4.69, 9.17) is 0 Å². The molecular formula is C9H15N3OS. The van der Waals surface area contributed by atoms with E-state index >= 15 is 0 Å². The molecule has 78 valence electrons. The maximum absolute atomic E-state index is 9.24. The monoisotopic (exact) mass is 213 g/mol. The normalized spacial score (nSPS) is 18.9. The van der Waals surface area contributed by atoms with E-state index < -0.39 is 0 Å². The summed E-state index contributed by atoms with van der Waals surface area (Å²) >= 11 is 1.62. The molecule has 1 aliphatic carbocycles. The largest absolute Gasteiger partial charge is 0.394 e. The van der Waals surface area contributed by atoms with E-state index in [9.17, 15) is 5.11 Å². The molecule has 0 amide bonds. The molecule has 1 heterocycles. The molecule has 0 spiro atoms. The van der Waals surface area contributed by atoms with E-state index in [0.29, 0.717) is 0 Å². The second kappa shape index (κ2) is 3.56. The van der Waals surface area contributed by atoms with Crippen molar-refractivity contribution < 1.29 is 5.11 Å². The molecule has 1 aromatic rings. The van der Waals surface area contributed by atoms with Crippen LogP contribution in [0.15, 0.2) is 0 Å². The molecule has 0 radical (unpaired) electrons. The number of likely N-dealkylation sites (N-methyl/N-ethyl adjacent to an activating group) is 1. The van der Waals surface area contributed by atoms with Crippen molar-refractivity contribution in [1.29, 1.82) is 0 Å². The summed E-state index contributed by atoms with van der Waals surface area (Å²) in [7, 11) is 2.04. The van der Waals surface area contributed by atoms with Crippen LogP contribution in [-0.4, -0.2) is 39.4 Å². The van der Waals surface area contributed by atoms with E-state index in [2.05, 4.69) is 15.1 Å². The van der Waals surface area contributed by atoms with Crippen molar-refractivity contribution in [3.05, 3.63) is 10.0 Å². The van der Waals surface area contributed by atoms with E-state index in [1.54, 1.807) is 11.3 Å². The van der Waals surface area contributed by atoms with Gasteiger partial charge in [-0.05, 0) is 26.8 Å². The fourth-order valence-corrected chi connectivity index (χ4v) is 2.34. The highest BCUT2D eigenvalue weighted by atomic mass is 32.1. The first-order chi connectivity index (χ1) is 6.66. The van der Waals surface area contributed by atoms with Gasteiger partial charge in [-0.3, -0.25) is 4.90 Å². The Morgan fingerprint density at radius 1 is 1.50 bits per heavy atom. The quantitative estimate of drug-likeness (QED) is 0.804. The molecule has 5 heteroatoms. The summed E-state index contributed by atoms with van der Waals surface area (Å²) in [5, 5.41) is 19.3. The van der Waals surface area contributed by atoms with Crippen LogP contribution < -0.4 is 0 Å². The number of hydrogen-bond donors (Lipinski definition) is 1. The Morgan fingerprint density at radius 3 is 2.64 bits per heavy atom. The van der Waals surface area contributed by atoms with Crippen LogP contribution >= 0.6 is 11.3 Å². The zero-order valence-electron chi connectivity index (χ0n) is 8.53. The lowest BCUT2D eigenvalue weighted by atomic mass is 10.2. The first kappa shape index (κ1) is 10.0. The zero-order valence-corrected chi connectivity index (χ0v) is 9.34. The van der Waals surface area contributed by atoms with Crippen LogP contribution in [0.3, 0.4) is 0 Å². The van der Waals surface area contributed by atoms with Crippen LogP contribution in [0.25, 0.3) is 0 Å². The van der Waals surface area contributed by atoms with Crippen molar-refractivity contribution in [3.63, 3.8) is 0 Å². The molecule has 1 aliphatic rings. The summed E-state index contributed by atoms with van der Waals surface area (Å²) in [4.78, 5) is 2.19. The third-order valence-corrected chi connectivity index (χ3v) is 3.69. The summed E-state index contributed by atoms with van der Waals surface area (Å²) in [6.45, 7) is 3.01. The summed E-state index contributed by atoms with van der Waals surface area (Å²) in [6, 6.07) is 0. The summed E-state index contributed by atoms with van der Waals surface area (Å²) < 4.78 is 0. The van der Waals surface area contributed by atoms with Crippen LogP contribution in [-0.2, 0) is 6.54 Å². The van der Waals surface area contributed by atoms with E-state index in [-0.39, 0.29) is 12.1 Å². The van der Waals surface area contributed by atoms with Crippen molar-refractivity contribution in [2.24, 2.45) is 0 Å². The Labute approximate surface area is 87.6 Å². The summed E-state index contributed by atoms with van der Waals surface area (Å²) in [5.41, 5.74) is 0.0412. The van der Waals surface area contributed by atoms with Crippen molar-refractivity contribution in [3.8, 4) is 0 Å². The highest BCUT2D eigenvalue weighted by molar-refractivity contribution is 7.11. The van der Waals surface area contributed by atoms with Gasteiger partial charge in [0.1, 0.15) is 10.0 Å². The molecule has 1 N–H and O–H groups in total. The molecule has 0 unspecified atom stereocenters. The standard InChI is InChI=1S/C9H15N3OS/c1-7-10-11-8(14-7)5-12(2)9(6-13)3-4-9/h13H,3-6H2,1-2H3. The van der Waals surface area contributed by atoms with Gasteiger partial charge in [0.2, 0.25) is 0 Å². The molecule has 0 aliphatic heterocycles. The van der Waals surface area contributed by atoms with Gasteiger partial charge < -0.3 is 5.11 Å². The molecule has 0 saturated heterocycles. The average Bonchev–Trinajstić information content (AvgIpc) is 2.87. The lowest BCUT2D eigenvalue weighted by Gasteiger charge is -2.24. The second-order valence-electron chi connectivity index (χ2n) is 3.95. The lowest BCUT2D eigenvalue weighted by Crippen LogP contribution is -2.36. The predicted molar refractivity (Wildman–Crippen MR) is 55.2 cm³/mol. The minimum absolute atomic E-state index is 0.0412. The highest BCUT2D eigenvalue weighted by Crippen LogP contribution is 2.41. The molecule has 0 atom stereocenters. The highest BCUT2D eigenvalue weighted by Gasteiger charge is 2.45. The van der Waals surface area contributed by atoms with Gasteiger partial charge in [0.05, 0.1) is 13.2 Å². The minimum Gasteiger partial charge on any atom is -0.394 e. The van der Waals surface area contributed by atoms with Gasteiger partial charge in [-0.2, -0.15) is 0 Å². The Morgan fingerprint density at radius 2 is 2.21 bits per heavy atom. The fourth-order valence-electron chi connectivity index (χ4n) is 1.58. The number of rotatable bonds is 4. The maximum Gasteiger partial charge on any atom is 0.131 e. The van der Waals surface area contributed by atoms with Gasteiger partial charge in [-0.25, -0.2) is 0 Å². The molecule has 4 nitrogen and oxygen atoms in total. The number of aliphatic hydroxyl groups is 1. The van der Waals surface area contributed by atoms with Crippen molar-refractivity contribution in [1.82, 2.24) is 15.1 Å². The molecule has 2 rings (SSSR count). The summed E-state index contributed by atoms with van der Waals surface area (Å²) in [5.74, 6) is 0. The Hall–Kier alpha value is -0.520. The molecule has 1 aromatic heterocycles. The first-order valence-electron chi connectivity index (χ1n) is 4.77. The Kier molecular flexibility index (Phi) is 2.55. The van der Waals surface area contributed by atoms with Crippen molar-refractivity contribution in [2.45, 2.75) is 31.8 Å². The molecule has 1 fully saturated rings. The maximum atomic E-state index is 9.24. The SMILES string of the molecule is Cc1nnc(CN(C)C2(CO)CC2)s1. The van der Waals surface area contributed by atoms with Crippen LogP contribution in [0, 0.1) is 6.92 Å². The van der Waals surface area contributed by atoms with Gasteiger partial charge >= 0.3 is 0 Å². The topological polar surface area (TPSA) is 49.2 Å². The van der Waals surface area contributed by atoms with Crippen molar-refractivity contribution >= 4 is 11.3 Å². The second-order valence-corrected chi connectivity index (χ2v) is 5.22. The van der Waals surface area contributed by atoms with Crippen LogP contribution in [0.4, 0.5) is 0 Å². The van der Waals surface area contributed by atoms with Gasteiger partial charge in [-0.1, -0.05) is 0 Å². The number of aliphatic hydroxyl groups excluding tert-OH is 1. The molecule has 1 saturated carbocycles. The third kappa shape index (κ3) is 1.80. The van der Waals surface area contributed by atoms with Gasteiger partial charge in [0, 0.05) is 5.54 Å². The molecule has 0 bridgehead atoms. The van der Waals surface area contributed by atoms with Crippen LogP contribution in [0.5, 0.6) is 0 Å².